The molecule has 3 rings (SSSR count). The van der Waals surface area contributed by atoms with Crippen molar-refractivity contribution >= 4 is 5.97 Å². The molecule has 0 unspecified atom stereocenters. The summed E-state index contributed by atoms with van der Waals surface area (Å²) < 4.78 is 1.96. The summed E-state index contributed by atoms with van der Waals surface area (Å²) in [6.45, 7) is 0.657. The highest BCUT2D eigenvalue weighted by Crippen LogP contribution is 2.27. The van der Waals surface area contributed by atoms with Gasteiger partial charge in [-0.2, -0.15) is 0 Å². The number of carboxylic acids is 1. The lowest BCUT2D eigenvalue weighted by Gasteiger charge is -2.12. The second-order valence-electron chi connectivity index (χ2n) is 4.74. The topological polar surface area (TPSA) is 55.1 Å². The van der Waals surface area contributed by atoms with Gasteiger partial charge in [0.2, 0.25) is 0 Å². The molecule has 0 fully saturated rings. The lowest BCUT2D eigenvalue weighted by atomic mass is 9.95. The molecule has 104 valence electrons. The summed E-state index contributed by atoms with van der Waals surface area (Å²) in [7, 11) is 0. The lowest BCUT2D eigenvalue weighted by molar-refractivity contribution is 0.0697. The maximum absolute atomic E-state index is 11.4. The zero-order chi connectivity index (χ0) is 14.7. The van der Waals surface area contributed by atoms with Crippen molar-refractivity contribution in [3.63, 3.8) is 0 Å². The number of hydrogen-bond acceptors (Lipinski definition) is 2. The van der Waals surface area contributed by atoms with Gasteiger partial charge >= 0.3 is 5.97 Å². The van der Waals surface area contributed by atoms with Crippen LogP contribution in [-0.4, -0.2) is 20.6 Å². The molecule has 0 aliphatic heterocycles. The van der Waals surface area contributed by atoms with Crippen molar-refractivity contribution < 1.29 is 9.90 Å². The van der Waals surface area contributed by atoms with Gasteiger partial charge in [-0.05, 0) is 22.8 Å². The van der Waals surface area contributed by atoms with Gasteiger partial charge in [0.15, 0.2) is 0 Å². The highest BCUT2D eigenvalue weighted by molar-refractivity contribution is 5.96. The van der Waals surface area contributed by atoms with Crippen molar-refractivity contribution in [2.24, 2.45) is 0 Å². The minimum atomic E-state index is -0.914. The summed E-state index contributed by atoms with van der Waals surface area (Å²) in [5.41, 5.74) is 3.05. The number of benzene rings is 2. The zero-order valence-electron chi connectivity index (χ0n) is 11.3. The Balaban J connectivity index is 2.09. The average molecular weight is 278 g/mol. The van der Waals surface area contributed by atoms with Gasteiger partial charge in [-0.15, -0.1) is 0 Å². The Hall–Kier alpha value is -2.88. The molecule has 0 aliphatic carbocycles. The molecule has 0 radical (unpaired) electrons. The van der Waals surface area contributed by atoms with Gasteiger partial charge in [-0.25, -0.2) is 9.78 Å². The molecule has 3 aromatic rings. The largest absolute Gasteiger partial charge is 0.478 e. The molecule has 1 heterocycles. The van der Waals surface area contributed by atoms with Crippen LogP contribution in [0, 0.1) is 0 Å². The van der Waals surface area contributed by atoms with E-state index in [0.29, 0.717) is 12.1 Å². The number of aromatic nitrogens is 2. The molecule has 0 atom stereocenters. The molecule has 2 aromatic carbocycles. The summed E-state index contributed by atoms with van der Waals surface area (Å²) in [5, 5.41) is 9.36. The minimum Gasteiger partial charge on any atom is -0.478 e. The smallest absolute Gasteiger partial charge is 0.336 e. The third kappa shape index (κ3) is 2.69. The molecule has 4 nitrogen and oxygen atoms in total. The predicted octanol–water partition coefficient (Wildman–Crippen LogP) is 3.30. The number of aromatic carboxylic acids is 1. The van der Waals surface area contributed by atoms with Crippen molar-refractivity contribution in [1.29, 1.82) is 0 Å². The fourth-order valence-corrected chi connectivity index (χ4v) is 2.40. The van der Waals surface area contributed by atoms with Crippen LogP contribution in [-0.2, 0) is 6.54 Å². The third-order valence-electron chi connectivity index (χ3n) is 3.38. The van der Waals surface area contributed by atoms with E-state index in [0.717, 1.165) is 16.7 Å². The summed E-state index contributed by atoms with van der Waals surface area (Å²) in [6, 6.07) is 14.9. The Bertz CT molecular complexity index is 764. The van der Waals surface area contributed by atoms with Gasteiger partial charge < -0.3 is 9.67 Å². The van der Waals surface area contributed by atoms with E-state index in [1.807, 2.05) is 47.2 Å². The maximum atomic E-state index is 11.4. The van der Waals surface area contributed by atoms with Crippen LogP contribution in [0.5, 0.6) is 0 Å². The second-order valence-corrected chi connectivity index (χ2v) is 4.74. The molecule has 0 bridgehead atoms. The van der Waals surface area contributed by atoms with Crippen LogP contribution in [0.25, 0.3) is 11.1 Å². The number of carbonyl (C=O) groups is 1. The number of nitrogens with zero attached hydrogens (tertiary/aromatic N) is 2. The number of rotatable bonds is 4. The van der Waals surface area contributed by atoms with E-state index in [2.05, 4.69) is 4.98 Å². The fourth-order valence-electron chi connectivity index (χ4n) is 2.40. The zero-order valence-corrected chi connectivity index (χ0v) is 11.3. The molecule has 4 heteroatoms. The molecule has 0 aliphatic rings. The number of carboxylic acid groups (broad SMARTS) is 1. The van der Waals surface area contributed by atoms with Gasteiger partial charge in [0.1, 0.15) is 0 Å². The van der Waals surface area contributed by atoms with E-state index in [4.69, 9.17) is 0 Å². The molecule has 1 aromatic heterocycles. The van der Waals surface area contributed by atoms with Crippen LogP contribution in [0.4, 0.5) is 0 Å². The minimum absolute atomic E-state index is 0.315. The first kappa shape index (κ1) is 13.1. The highest BCUT2D eigenvalue weighted by atomic mass is 16.4. The van der Waals surface area contributed by atoms with Crippen LogP contribution in [0.3, 0.4) is 0 Å². The first-order valence-corrected chi connectivity index (χ1v) is 6.62. The average Bonchev–Trinajstić information content (AvgIpc) is 3.01. The maximum Gasteiger partial charge on any atom is 0.336 e. The molecule has 0 spiro atoms. The third-order valence-corrected chi connectivity index (χ3v) is 3.38. The SMILES string of the molecule is O=C(O)c1ccccc1-c1ccccc1Cn1ccnc1. The Morgan fingerprint density at radius 3 is 2.48 bits per heavy atom. The van der Waals surface area contributed by atoms with Crippen molar-refractivity contribution in [3.05, 3.63) is 78.4 Å². The number of imidazole rings is 1. The predicted molar refractivity (Wildman–Crippen MR) is 80.2 cm³/mol. The van der Waals surface area contributed by atoms with Crippen molar-refractivity contribution in [2.45, 2.75) is 6.54 Å². The van der Waals surface area contributed by atoms with E-state index >= 15 is 0 Å². The van der Waals surface area contributed by atoms with Gasteiger partial charge in [0, 0.05) is 18.9 Å². The molecule has 21 heavy (non-hydrogen) atoms. The van der Waals surface area contributed by atoms with E-state index in [1.165, 1.54) is 0 Å². The number of hydrogen-bond donors (Lipinski definition) is 1. The van der Waals surface area contributed by atoms with E-state index in [9.17, 15) is 9.90 Å². The molecular formula is C17H14N2O2. The quantitative estimate of drug-likeness (QED) is 0.796. The lowest BCUT2D eigenvalue weighted by Crippen LogP contribution is -2.03. The van der Waals surface area contributed by atoms with Crippen LogP contribution in [0.2, 0.25) is 0 Å². The van der Waals surface area contributed by atoms with Crippen molar-refractivity contribution in [2.75, 3.05) is 0 Å². The van der Waals surface area contributed by atoms with Crippen LogP contribution in [0.15, 0.2) is 67.3 Å². The van der Waals surface area contributed by atoms with Gasteiger partial charge in [0.05, 0.1) is 11.9 Å². The van der Waals surface area contributed by atoms with Crippen LogP contribution in [0.1, 0.15) is 15.9 Å². The Morgan fingerprint density at radius 2 is 1.76 bits per heavy atom. The molecule has 1 N–H and O–H groups in total. The van der Waals surface area contributed by atoms with Crippen molar-refractivity contribution in [1.82, 2.24) is 9.55 Å². The Labute approximate surface area is 122 Å². The first-order chi connectivity index (χ1) is 10.3. The van der Waals surface area contributed by atoms with Crippen LogP contribution >= 0.6 is 0 Å². The monoisotopic (exact) mass is 278 g/mol. The van der Waals surface area contributed by atoms with Crippen LogP contribution < -0.4 is 0 Å². The Kier molecular flexibility index (Phi) is 3.51. The van der Waals surface area contributed by atoms with Gasteiger partial charge in [-0.3, -0.25) is 0 Å². The summed E-state index contributed by atoms with van der Waals surface area (Å²) in [5.74, 6) is -0.914. The fraction of sp³-hybridized carbons (Fsp3) is 0.0588. The standard InChI is InChI=1S/C17H14N2O2/c20-17(21)16-8-4-3-7-15(16)14-6-2-1-5-13(14)11-19-10-9-18-12-19/h1-10,12H,11H2,(H,20,21). The van der Waals surface area contributed by atoms with Gasteiger partial charge in [-0.1, -0.05) is 42.5 Å². The van der Waals surface area contributed by atoms with E-state index < -0.39 is 5.97 Å². The molecule has 0 amide bonds. The summed E-state index contributed by atoms with van der Waals surface area (Å²) in [6.07, 6.45) is 5.37. The van der Waals surface area contributed by atoms with E-state index in [1.54, 1.807) is 24.7 Å². The highest BCUT2D eigenvalue weighted by Gasteiger charge is 2.13. The molecule has 0 saturated heterocycles. The van der Waals surface area contributed by atoms with Crippen molar-refractivity contribution in [3.8, 4) is 11.1 Å². The van der Waals surface area contributed by atoms with Gasteiger partial charge in [0.25, 0.3) is 0 Å². The summed E-state index contributed by atoms with van der Waals surface area (Å²) in [4.78, 5) is 15.4. The Morgan fingerprint density at radius 1 is 1.05 bits per heavy atom. The summed E-state index contributed by atoms with van der Waals surface area (Å²) >= 11 is 0. The first-order valence-electron chi connectivity index (χ1n) is 6.62. The van der Waals surface area contributed by atoms with E-state index in [-0.39, 0.29) is 0 Å². The molecule has 0 saturated carbocycles. The molecular weight excluding hydrogens is 264 g/mol. The normalized spacial score (nSPS) is 10.5. The second kappa shape index (κ2) is 5.63.